The van der Waals surface area contributed by atoms with Crippen molar-refractivity contribution in [2.24, 2.45) is 11.5 Å². The van der Waals surface area contributed by atoms with Gasteiger partial charge in [-0.15, -0.1) is 11.3 Å². The van der Waals surface area contributed by atoms with E-state index in [0.29, 0.717) is 5.01 Å². The highest BCUT2D eigenvalue weighted by atomic mass is 32.1. The van der Waals surface area contributed by atoms with Crippen LogP contribution in [0.15, 0.2) is 5.38 Å². The molecular weight excluding hydrogens is 232 g/mol. The van der Waals surface area contributed by atoms with E-state index in [1.165, 1.54) is 11.3 Å². The molecule has 1 unspecified atom stereocenters. The average molecular weight is 244 g/mol. The second-order valence-electron chi connectivity index (χ2n) is 3.05. The van der Waals surface area contributed by atoms with Crippen molar-refractivity contribution in [3.63, 3.8) is 0 Å². The molecule has 0 radical (unpaired) electrons. The van der Waals surface area contributed by atoms with Gasteiger partial charge in [0.05, 0.1) is 6.04 Å². The summed E-state index contributed by atoms with van der Waals surface area (Å²) in [6, 6.07) is -0.224. The molecule has 0 aromatic carbocycles. The van der Waals surface area contributed by atoms with Gasteiger partial charge in [0.15, 0.2) is 6.61 Å². The largest absolute Gasteiger partial charge is 0.368 e. The molecule has 0 saturated heterocycles. The van der Waals surface area contributed by atoms with Crippen LogP contribution in [0.25, 0.3) is 0 Å². The first-order valence-corrected chi connectivity index (χ1v) is 5.30. The van der Waals surface area contributed by atoms with Crippen LogP contribution in [0.2, 0.25) is 0 Å². The summed E-state index contributed by atoms with van der Waals surface area (Å²) in [5.41, 5.74) is 12.6. The van der Waals surface area contributed by atoms with Crippen molar-refractivity contribution in [1.29, 1.82) is 0 Å². The number of hydrogen-bond donors (Lipinski definition) is 3. The molecule has 5 N–H and O–H groups in total. The molecular formula is C8H12N4O3S. The summed E-state index contributed by atoms with van der Waals surface area (Å²) in [5.74, 6) is -1.21. The molecule has 1 heterocycles. The molecule has 0 bridgehead atoms. The van der Waals surface area contributed by atoms with Crippen molar-refractivity contribution in [2.45, 2.75) is 13.0 Å². The van der Waals surface area contributed by atoms with Crippen LogP contribution in [0.4, 0.5) is 0 Å². The van der Waals surface area contributed by atoms with E-state index in [-0.39, 0.29) is 18.3 Å². The number of aromatic nitrogens is 1. The van der Waals surface area contributed by atoms with Crippen LogP contribution >= 0.6 is 11.3 Å². The third-order valence-corrected chi connectivity index (χ3v) is 2.57. The van der Waals surface area contributed by atoms with Gasteiger partial charge in [0.1, 0.15) is 10.7 Å². The fraction of sp³-hybridized carbons (Fsp3) is 0.375. The second kappa shape index (κ2) is 5.54. The molecule has 0 aliphatic heterocycles. The zero-order valence-corrected chi connectivity index (χ0v) is 9.41. The minimum Gasteiger partial charge on any atom is -0.368 e. The maximum absolute atomic E-state index is 11.4. The molecule has 16 heavy (non-hydrogen) atoms. The first-order valence-electron chi connectivity index (χ1n) is 4.42. The first-order chi connectivity index (χ1) is 7.50. The molecule has 8 heteroatoms. The van der Waals surface area contributed by atoms with Crippen LogP contribution < -0.4 is 16.9 Å². The van der Waals surface area contributed by atoms with Gasteiger partial charge in [0, 0.05) is 5.38 Å². The lowest BCUT2D eigenvalue weighted by molar-refractivity contribution is -0.124. The number of nitrogens with two attached hydrogens (primary N) is 2. The monoisotopic (exact) mass is 244 g/mol. The van der Waals surface area contributed by atoms with Crippen molar-refractivity contribution in [3.05, 3.63) is 16.1 Å². The maximum atomic E-state index is 11.4. The van der Waals surface area contributed by atoms with E-state index in [9.17, 15) is 9.59 Å². The Morgan fingerprint density at radius 2 is 2.38 bits per heavy atom. The lowest BCUT2D eigenvalue weighted by Gasteiger charge is -2.01. The Bertz CT molecular complexity index is 390. The Labute approximate surface area is 95.7 Å². The smallest absolute Gasteiger partial charge is 0.294 e. The third kappa shape index (κ3) is 3.57. The number of hydroxylamine groups is 1. The van der Waals surface area contributed by atoms with Crippen LogP contribution in [0.5, 0.6) is 0 Å². The van der Waals surface area contributed by atoms with Crippen LogP contribution in [-0.2, 0) is 9.63 Å². The first kappa shape index (κ1) is 12.6. The third-order valence-electron chi connectivity index (χ3n) is 1.52. The normalized spacial score (nSPS) is 12.1. The summed E-state index contributed by atoms with van der Waals surface area (Å²) < 4.78 is 0. The van der Waals surface area contributed by atoms with Crippen molar-refractivity contribution in [3.8, 4) is 0 Å². The van der Waals surface area contributed by atoms with Gasteiger partial charge in [-0.3, -0.25) is 14.4 Å². The molecule has 0 aliphatic rings. The van der Waals surface area contributed by atoms with Gasteiger partial charge >= 0.3 is 0 Å². The lowest BCUT2D eigenvalue weighted by Crippen LogP contribution is -2.29. The fourth-order valence-electron chi connectivity index (χ4n) is 0.826. The number of nitrogens with one attached hydrogen (secondary N) is 1. The molecule has 0 fully saturated rings. The minimum absolute atomic E-state index is 0.196. The van der Waals surface area contributed by atoms with Gasteiger partial charge < -0.3 is 11.5 Å². The van der Waals surface area contributed by atoms with E-state index in [0.717, 1.165) is 0 Å². The SMILES string of the molecule is CC(N)c1nc(C(=O)NOCC(N)=O)cs1. The summed E-state index contributed by atoms with van der Waals surface area (Å²) in [4.78, 5) is 30.2. The highest BCUT2D eigenvalue weighted by molar-refractivity contribution is 7.09. The van der Waals surface area contributed by atoms with E-state index < -0.39 is 11.8 Å². The van der Waals surface area contributed by atoms with E-state index >= 15 is 0 Å². The van der Waals surface area contributed by atoms with Gasteiger partial charge in [0.25, 0.3) is 5.91 Å². The predicted octanol–water partition coefficient (Wildman–Crippen LogP) is -0.690. The molecule has 88 valence electrons. The van der Waals surface area contributed by atoms with E-state index in [2.05, 4.69) is 9.82 Å². The second-order valence-corrected chi connectivity index (χ2v) is 3.94. The number of primary amides is 1. The number of carbonyl (C=O) groups is 2. The highest BCUT2D eigenvalue weighted by Gasteiger charge is 2.12. The van der Waals surface area contributed by atoms with Crippen LogP contribution in [0, 0.1) is 0 Å². The number of thiazole rings is 1. The number of carbonyl (C=O) groups excluding carboxylic acids is 2. The van der Waals surface area contributed by atoms with Crippen molar-refractivity contribution < 1.29 is 14.4 Å². The molecule has 1 aromatic rings. The predicted molar refractivity (Wildman–Crippen MR) is 57.3 cm³/mol. The van der Waals surface area contributed by atoms with E-state index in [1.54, 1.807) is 12.3 Å². The average Bonchev–Trinajstić information content (AvgIpc) is 2.65. The van der Waals surface area contributed by atoms with Crippen LogP contribution in [-0.4, -0.2) is 23.4 Å². The molecule has 7 nitrogen and oxygen atoms in total. The Morgan fingerprint density at radius 3 is 2.88 bits per heavy atom. The summed E-state index contributed by atoms with van der Waals surface area (Å²) in [7, 11) is 0. The Balaban J connectivity index is 2.49. The zero-order chi connectivity index (χ0) is 12.1. The Kier molecular flexibility index (Phi) is 4.35. The zero-order valence-electron chi connectivity index (χ0n) is 8.60. The van der Waals surface area contributed by atoms with Crippen LogP contribution in [0.1, 0.15) is 28.5 Å². The summed E-state index contributed by atoms with van der Waals surface area (Å²) in [6.07, 6.45) is 0. The molecule has 2 amide bonds. The standard InChI is InChI=1S/C8H12N4O3S/c1-4(9)8-11-5(3-16-8)7(14)12-15-2-6(10)13/h3-4H,2,9H2,1H3,(H2,10,13)(H,12,14). The number of amides is 2. The molecule has 1 aromatic heterocycles. The van der Waals surface area contributed by atoms with Crippen molar-refractivity contribution in [2.75, 3.05) is 6.61 Å². The topological polar surface area (TPSA) is 120 Å². The van der Waals surface area contributed by atoms with Gasteiger partial charge in [-0.1, -0.05) is 0 Å². The summed E-state index contributed by atoms with van der Waals surface area (Å²) >= 11 is 1.28. The molecule has 0 saturated carbocycles. The van der Waals surface area contributed by atoms with Gasteiger partial charge in [-0.2, -0.15) is 0 Å². The Morgan fingerprint density at radius 1 is 1.69 bits per heavy atom. The van der Waals surface area contributed by atoms with Gasteiger partial charge in [-0.25, -0.2) is 10.5 Å². The summed E-state index contributed by atoms with van der Waals surface area (Å²) in [5, 5.41) is 2.21. The van der Waals surface area contributed by atoms with E-state index in [1.807, 2.05) is 5.48 Å². The summed E-state index contributed by atoms with van der Waals surface area (Å²) in [6.45, 7) is 1.39. The van der Waals surface area contributed by atoms with Crippen molar-refractivity contribution in [1.82, 2.24) is 10.5 Å². The molecule has 1 rings (SSSR count). The molecule has 0 aliphatic carbocycles. The lowest BCUT2D eigenvalue weighted by atomic mass is 10.4. The van der Waals surface area contributed by atoms with Gasteiger partial charge in [-0.05, 0) is 6.92 Å². The quantitative estimate of drug-likeness (QED) is 0.592. The van der Waals surface area contributed by atoms with E-state index in [4.69, 9.17) is 11.5 Å². The van der Waals surface area contributed by atoms with Crippen LogP contribution in [0.3, 0.4) is 0 Å². The van der Waals surface area contributed by atoms with Gasteiger partial charge in [0.2, 0.25) is 5.91 Å². The minimum atomic E-state index is -0.671. The number of rotatable bonds is 5. The molecule has 0 spiro atoms. The van der Waals surface area contributed by atoms with Crippen molar-refractivity contribution >= 4 is 23.2 Å². The fourth-order valence-corrected chi connectivity index (χ4v) is 1.58. The number of nitrogens with zero attached hydrogens (tertiary/aromatic N) is 1. The highest BCUT2D eigenvalue weighted by Crippen LogP contribution is 2.15. The molecule has 1 atom stereocenters. The maximum Gasteiger partial charge on any atom is 0.294 e. The Hall–Kier alpha value is -1.51. The number of hydrogen-bond acceptors (Lipinski definition) is 6.